The number of nitrogens with one attached hydrogen (secondary N) is 3. The maximum absolute atomic E-state index is 12.6. The molecule has 0 radical (unpaired) electrons. The summed E-state index contributed by atoms with van der Waals surface area (Å²) >= 11 is 11.3. The summed E-state index contributed by atoms with van der Waals surface area (Å²) in [5.74, 6) is 0.0242. The Morgan fingerprint density at radius 1 is 0.730 bits per heavy atom. The van der Waals surface area contributed by atoms with Crippen molar-refractivity contribution < 1.29 is 14.3 Å². The molecule has 0 unspecified atom stereocenters. The summed E-state index contributed by atoms with van der Waals surface area (Å²) in [6.07, 6.45) is 0.798. The lowest BCUT2D eigenvalue weighted by Crippen LogP contribution is -2.34. The van der Waals surface area contributed by atoms with E-state index in [4.69, 9.17) is 28.6 Å². The molecule has 2 amide bonds. The third kappa shape index (κ3) is 7.90. The van der Waals surface area contributed by atoms with Gasteiger partial charge < -0.3 is 15.4 Å². The summed E-state index contributed by atoms with van der Waals surface area (Å²) in [4.78, 5) is 25.2. The molecule has 0 fully saturated rings. The molecule has 0 aliphatic heterocycles. The van der Waals surface area contributed by atoms with Crippen LogP contribution in [0.3, 0.4) is 0 Å². The van der Waals surface area contributed by atoms with E-state index in [9.17, 15) is 9.59 Å². The van der Waals surface area contributed by atoms with Gasteiger partial charge in [0, 0.05) is 33.9 Å². The van der Waals surface area contributed by atoms with Crippen molar-refractivity contribution in [2.75, 3.05) is 17.2 Å². The van der Waals surface area contributed by atoms with Crippen molar-refractivity contribution in [2.45, 2.75) is 6.42 Å². The van der Waals surface area contributed by atoms with E-state index in [2.05, 4.69) is 28.1 Å². The molecule has 0 saturated heterocycles. The molecule has 0 saturated carbocycles. The van der Waals surface area contributed by atoms with Gasteiger partial charge in [0.25, 0.3) is 11.8 Å². The summed E-state index contributed by atoms with van der Waals surface area (Å²) in [5.41, 5.74) is 3.21. The maximum Gasteiger partial charge on any atom is 0.257 e. The van der Waals surface area contributed by atoms with Crippen LogP contribution in [0.4, 0.5) is 11.4 Å². The van der Waals surface area contributed by atoms with Gasteiger partial charge in [-0.1, -0.05) is 54.1 Å². The highest BCUT2D eigenvalue weighted by molar-refractivity contribution is 7.80. The Morgan fingerprint density at radius 3 is 2.16 bits per heavy atom. The standard InChI is InChI=1S/C29H24ClN3O3S/c30-23-9-5-11-25(19-23)31-28(35)22-8-4-10-24(18-22)32-29(37)33-27(34)21-12-14-26(15-13-21)36-17-16-20-6-2-1-3-7-20/h1-15,18-19H,16-17H2,(H,31,35)(H2,32,33,34,37). The summed E-state index contributed by atoms with van der Waals surface area (Å²) in [7, 11) is 0. The highest BCUT2D eigenvalue weighted by Gasteiger charge is 2.11. The second-order valence-corrected chi connectivity index (χ2v) is 8.91. The Kier molecular flexibility index (Phi) is 8.86. The van der Waals surface area contributed by atoms with Crippen LogP contribution in [0.15, 0.2) is 103 Å². The summed E-state index contributed by atoms with van der Waals surface area (Å²) < 4.78 is 5.77. The van der Waals surface area contributed by atoms with Crippen LogP contribution in [0, 0.1) is 0 Å². The topological polar surface area (TPSA) is 79.5 Å². The van der Waals surface area contributed by atoms with Crippen molar-refractivity contribution >= 4 is 52.1 Å². The quantitative estimate of drug-likeness (QED) is 0.232. The van der Waals surface area contributed by atoms with E-state index in [0.29, 0.717) is 39.9 Å². The number of carbonyl (C=O) groups is 2. The van der Waals surface area contributed by atoms with Crippen LogP contribution in [0.2, 0.25) is 5.02 Å². The molecule has 6 nitrogen and oxygen atoms in total. The van der Waals surface area contributed by atoms with Gasteiger partial charge >= 0.3 is 0 Å². The minimum atomic E-state index is -0.358. The zero-order valence-electron chi connectivity index (χ0n) is 19.7. The number of anilines is 2. The molecule has 0 aliphatic carbocycles. The first kappa shape index (κ1) is 25.9. The molecule has 4 aromatic carbocycles. The number of ether oxygens (including phenoxy) is 1. The van der Waals surface area contributed by atoms with Crippen molar-refractivity contribution in [1.29, 1.82) is 0 Å². The van der Waals surface area contributed by atoms with Crippen molar-refractivity contribution in [2.24, 2.45) is 0 Å². The van der Waals surface area contributed by atoms with Crippen LogP contribution in [0.1, 0.15) is 26.3 Å². The van der Waals surface area contributed by atoms with Crippen LogP contribution >= 0.6 is 23.8 Å². The number of thiocarbonyl (C=S) groups is 1. The average molecular weight is 530 g/mol. The molecule has 0 atom stereocenters. The smallest absolute Gasteiger partial charge is 0.257 e. The molecule has 3 N–H and O–H groups in total. The third-order valence-electron chi connectivity index (χ3n) is 5.31. The molecule has 0 spiro atoms. The van der Waals surface area contributed by atoms with Crippen molar-refractivity contribution in [3.63, 3.8) is 0 Å². The predicted octanol–water partition coefficient (Wildman–Crippen LogP) is 6.34. The zero-order valence-corrected chi connectivity index (χ0v) is 21.3. The highest BCUT2D eigenvalue weighted by atomic mass is 35.5. The van der Waals surface area contributed by atoms with Gasteiger partial charge in [-0.05, 0) is 78.4 Å². The summed E-state index contributed by atoms with van der Waals surface area (Å²) in [6, 6.07) is 30.6. The van der Waals surface area contributed by atoms with E-state index in [1.165, 1.54) is 5.56 Å². The number of rotatable bonds is 8. The fourth-order valence-electron chi connectivity index (χ4n) is 3.48. The summed E-state index contributed by atoms with van der Waals surface area (Å²) in [6.45, 7) is 0.541. The SMILES string of the molecule is O=C(NC(=S)Nc1cccc(C(=O)Nc2cccc(Cl)c2)c1)c1ccc(OCCc2ccccc2)cc1. The minimum absolute atomic E-state index is 0.112. The van der Waals surface area contributed by atoms with Gasteiger partial charge in [-0.15, -0.1) is 0 Å². The van der Waals surface area contributed by atoms with E-state index >= 15 is 0 Å². The predicted molar refractivity (Wildman–Crippen MR) is 152 cm³/mol. The van der Waals surface area contributed by atoms with Crippen molar-refractivity contribution in [3.8, 4) is 5.75 Å². The summed E-state index contributed by atoms with van der Waals surface area (Å²) in [5, 5.41) is 9.02. The van der Waals surface area contributed by atoms with Gasteiger partial charge in [0.2, 0.25) is 0 Å². The van der Waals surface area contributed by atoms with Crippen LogP contribution in [-0.4, -0.2) is 23.5 Å². The average Bonchev–Trinajstić information content (AvgIpc) is 2.90. The van der Waals surface area contributed by atoms with Crippen LogP contribution < -0.4 is 20.7 Å². The third-order valence-corrected chi connectivity index (χ3v) is 5.75. The van der Waals surface area contributed by atoms with E-state index in [1.54, 1.807) is 72.8 Å². The Balaban J connectivity index is 1.27. The van der Waals surface area contributed by atoms with Crippen molar-refractivity contribution in [3.05, 3.63) is 125 Å². The largest absolute Gasteiger partial charge is 0.493 e. The Hall–Kier alpha value is -4.20. The van der Waals surface area contributed by atoms with Gasteiger partial charge in [-0.25, -0.2) is 0 Å². The van der Waals surface area contributed by atoms with E-state index < -0.39 is 0 Å². The second kappa shape index (κ2) is 12.7. The van der Waals surface area contributed by atoms with Gasteiger partial charge in [-0.2, -0.15) is 0 Å². The highest BCUT2D eigenvalue weighted by Crippen LogP contribution is 2.18. The monoisotopic (exact) mass is 529 g/mol. The lowest BCUT2D eigenvalue weighted by Gasteiger charge is -2.12. The molecule has 4 rings (SSSR count). The number of benzene rings is 4. The van der Waals surface area contributed by atoms with E-state index in [-0.39, 0.29) is 16.9 Å². The number of hydrogen-bond acceptors (Lipinski definition) is 4. The number of amides is 2. The molecular formula is C29H24ClN3O3S. The second-order valence-electron chi connectivity index (χ2n) is 8.06. The number of halogens is 1. The van der Waals surface area contributed by atoms with Crippen LogP contribution in [0.5, 0.6) is 5.75 Å². The van der Waals surface area contributed by atoms with Gasteiger partial charge in [0.1, 0.15) is 5.75 Å². The minimum Gasteiger partial charge on any atom is -0.493 e. The van der Waals surface area contributed by atoms with Crippen LogP contribution in [0.25, 0.3) is 0 Å². The lowest BCUT2D eigenvalue weighted by atomic mass is 10.1. The molecule has 4 aromatic rings. The van der Waals surface area contributed by atoms with E-state index in [1.807, 2.05) is 18.2 Å². The van der Waals surface area contributed by atoms with Crippen molar-refractivity contribution in [1.82, 2.24) is 5.32 Å². The lowest BCUT2D eigenvalue weighted by molar-refractivity contribution is 0.0976. The first-order chi connectivity index (χ1) is 18.0. The van der Waals surface area contributed by atoms with E-state index in [0.717, 1.165) is 6.42 Å². The van der Waals surface area contributed by atoms with Crippen LogP contribution in [-0.2, 0) is 6.42 Å². The Labute approximate surface area is 225 Å². The Bertz CT molecular complexity index is 1400. The van der Waals surface area contributed by atoms with Gasteiger partial charge in [0.05, 0.1) is 6.61 Å². The first-order valence-electron chi connectivity index (χ1n) is 11.5. The fourth-order valence-corrected chi connectivity index (χ4v) is 3.88. The molecule has 0 aromatic heterocycles. The molecule has 0 heterocycles. The Morgan fingerprint density at radius 2 is 1.43 bits per heavy atom. The number of hydrogen-bond donors (Lipinski definition) is 3. The zero-order chi connectivity index (χ0) is 26.0. The molecule has 8 heteroatoms. The fraction of sp³-hybridized carbons (Fsp3) is 0.0690. The molecule has 0 bridgehead atoms. The number of carbonyl (C=O) groups excluding carboxylic acids is 2. The molecule has 0 aliphatic rings. The molecule has 186 valence electrons. The first-order valence-corrected chi connectivity index (χ1v) is 12.3. The van der Waals surface area contributed by atoms with Gasteiger partial charge in [0.15, 0.2) is 5.11 Å². The molecular weight excluding hydrogens is 506 g/mol. The van der Waals surface area contributed by atoms with Gasteiger partial charge in [-0.3, -0.25) is 14.9 Å². The maximum atomic E-state index is 12.6. The normalized spacial score (nSPS) is 10.3. The molecule has 37 heavy (non-hydrogen) atoms.